The van der Waals surface area contributed by atoms with Crippen molar-refractivity contribution in [3.63, 3.8) is 0 Å². The monoisotopic (exact) mass is 365 g/mol. The number of benzene rings is 1. The number of hydrogen-bond donors (Lipinski definition) is 1. The maximum Gasteiger partial charge on any atom is 0.287 e. The lowest BCUT2D eigenvalue weighted by Gasteiger charge is -2.03. The van der Waals surface area contributed by atoms with E-state index in [0.717, 1.165) is 22.5 Å². The molecule has 0 saturated carbocycles. The highest BCUT2D eigenvalue weighted by atomic mass is 35.5. The van der Waals surface area contributed by atoms with Crippen LogP contribution >= 0.6 is 34.7 Å². The third-order valence-corrected chi connectivity index (χ3v) is 5.76. The number of thiophene rings is 1. The summed E-state index contributed by atoms with van der Waals surface area (Å²) in [6, 6.07) is 9.55. The Morgan fingerprint density at radius 2 is 2.26 bits per heavy atom. The molecule has 3 aromatic rings. The van der Waals surface area contributed by atoms with E-state index in [4.69, 9.17) is 16.0 Å². The molecule has 0 aliphatic carbocycles. The number of thioether (sulfide) groups is 1. The molecular formula is C17H16ClNO2S2. The topological polar surface area (TPSA) is 42.2 Å². The summed E-state index contributed by atoms with van der Waals surface area (Å²) in [5, 5.41) is 6.51. The Morgan fingerprint density at radius 3 is 3.04 bits per heavy atom. The molecular weight excluding hydrogens is 350 g/mol. The second kappa shape index (κ2) is 7.43. The van der Waals surface area contributed by atoms with Gasteiger partial charge in [0, 0.05) is 38.9 Å². The fraction of sp³-hybridized carbons (Fsp3) is 0.235. The van der Waals surface area contributed by atoms with E-state index in [1.54, 1.807) is 35.2 Å². The molecule has 0 saturated heterocycles. The summed E-state index contributed by atoms with van der Waals surface area (Å²) >= 11 is 9.56. The van der Waals surface area contributed by atoms with Gasteiger partial charge in [-0.3, -0.25) is 4.79 Å². The quantitative estimate of drug-likeness (QED) is 0.616. The van der Waals surface area contributed by atoms with E-state index < -0.39 is 0 Å². The number of aryl methyl sites for hydroxylation is 1. The van der Waals surface area contributed by atoms with Crippen LogP contribution in [0.3, 0.4) is 0 Å². The van der Waals surface area contributed by atoms with Crippen molar-refractivity contribution in [1.29, 1.82) is 0 Å². The van der Waals surface area contributed by atoms with Crippen LogP contribution in [0.25, 0.3) is 11.0 Å². The summed E-state index contributed by atoms with van der Waals surface area (Å²) in [4.78, 5) is 13.6. The van der Waals surface area contributed by atoms with Crippen molar-refractivity contribution in [2.45, 2.75) is 12.7 Å². The minimum atomic E-state index is -0.174. The van der Waals surface area contributed by atoms with Gasteiger partial charge >= 0.3 is 0 Å². The van der Waals surface area contributed by atoms with Crippen molar-refractivity contribution in [3.05, 3.63) is 56.9 Å². The van der Waals surface area contributed by atoms with E-state index in [0.29, 0.717) is 22.9 Å². The van der Waals surface area contributed by atoms with Crippen LogP contribution in [-0.2, 0) is 5.75 Å². The predicted molar refractivity (Wildman–Crippen MR) is 98.8 cm³/mol. The number of halogens is 1. The number of furan rings is 1. The molecule has 0 atom stereocenters. The van der Waals surface area contributed by atoms with Gasteiger partial charge in [0.05, 0.1) is 0 Å². The molecule has 0 aliphatic heterocycles. The molecule has 2 heterocycles. The number of hydrogen-bond acceptors (Lipinski definition) is 4. The third kappa shape index (κ3) is 3.91. The normalized spacial score (nSPS) is 11.0. The Bertz CT molecular complexity index is 811. The molecule has 1 aromatic carbocycles. The average molecular weight is 366 g/mol. The number of carbonyl (C=O) groups is 1. The van der Waals surface area contributed by atoms with Crippen LogP contribution in [0, 0.1) is 6.92 Å². The van der Waals surface area contributed by atoms with Crippen LogP contribution in [0.2, 0.25) is 5.02 Å². The van der Waals surface area contributed by atoms with Gasteiger partial charge in [-0.15, -0.1) is 11.3 Å². The Hall–Kier alpha value is -1.43. The molecule has 1 N–H and O–H groups in total. The molecule has 0 unspecified atom stereocenters. The largest absolute Gasteiger partial charge is 0.451 e. The maximum absolute atomic E-state index is 12.3. The highest BCUT2D eigenvalue weighted by molar-refractivity contribution is 7.98. The van der Waals surface area contributed by atoms with Crippen molar-refractivity contribution < 1.29 is 9.21 Å². The number of fused-ring (bicyclic) bond motifs is 1. The van der Waals surface area contributed by atoms with Crippen LogP contribution in [0.4, 0.5) is 0 Å². The molecule has 0 bridgehead atoms. The predicted octanol–water partition coefficient (Wildman–Crippen LogP) is 5.12. The molecule has 0 fully saturated rings. The van der Waals surface area contributed by atoms with Gasteiger partial charge in [0.2, 0.25) is 0 Å². The fourth-order valence-corrected chi connectivity index (χ4v) is 4.17. The Morgan fingerprint density at radius 1 is 1.39 bits per heavy atom. The van der Waals surface area contributed by atoms with Crippen molar-refractivity contribution in [2.75, 3.05) is 12.3 Å². The van der Waals surface area contributed by atoms with Gasteiger partial charge in [-0.2, -0.15) is 11.8 Å². The zero-order chi connectivity index (χ0) is 16.2. The van der Waals surface area contributed by atoms with Crippen LogP contribution in [0.1, 0.15) is 21.0 Å². The van der Waals surface area contributed by atoms with E-state index in [1.807, 2.05) is 13.0 Å². The van der Waals surface area contributed by atoms with Crippen molar-refractivity contribution in [1.82, 2.24) is 5.32 Å². The Kier molecular flexibility index (Phi) is 5.30. The average Bonchev–Trinajstić information content (AvgIpc) is 3.16. The smallest absolute Gasteiger partial charge is 0.287 e. The lowest BCUT2D eigenvalue weighted by molar-refractivity contribution is 0.0930. The number of carbonyl (C=O) groups excluding carboxylic acids is 1. The number of amides is 1. The van der Waals surface area contributed by atoms with Gasteiger partial charge in [0.1, 0.15) is 5.58 Å². The minimum Gasteiger partial charge on any atom is -0.451 e. The van der Waals surface area contributed by atoms with Gasteiger partial charge in [-0.05, 0) is 36.6 Å². The summed E-state index contributed by atoms with van der Waals surface area (Å²) in [6.07, 6.45) is 0. The molecule has 3 rings (SSSR count). The molecule has 0 spiro atoms. The molecule has 3 nitrogen and oxygen atoms in total. The summed E-state index contributed by atoms with van der Waals surface area (Å²) < 4.78 is 5.66. The van der Waals surface area contributed by atoms with Crippen LogP contribution < -0.4 is 5.32 Å². The van der Waals surface area contributed by atoms with Crippen LogP contribution in [0.5, 0.6) is 0 Å². The molecule has 2 aromatic heterocycles. The van der Waals surface area contributed by atoms with E-state index in [-0.39, 0.29) is 5.91 Å². The molecule has 120 valence electrons. The van der Waals surface area contributed by atoms with Crippen molar-refractivity contribution in [2.24, 2.45) is 0 Å². The second-order valence-corrected chi connectivity index (χ2v) is 7.66. The third-order valence-electron chi connectivity index (χ3n) is 3.46. The van der Waals surface area contributed by atoms with Gasteiger partial charge < -0.3 is 9.73 Å². The summed E-state index contributed by atoms with van der Waals surface area (Å²) in [7, 11) is 0. The van der Waals surface area contributed by atoms with E-state index in [9.17, 15) is 4.79 Å². The standard InChI is InChI=1S/C17H16ClNO2S2/c1-11-14-9-12(18)4-5-15(14)21-16(11)17(20)19-6-8-22-10-13-3-2-7-23-13/h2-5,7,9H,6,8,10H2,1H3,(H,19,20). The Labute approximate surface area is 148 Å². The van der Waals surface area contributed by atoms with E-state index >= 15 is 0 Å². The maximum atomic E-state index is 12.3. The van der Waals surface area contributed by atoms with E-state index in [2.05, 4.69) is 22.8 Å². The van der Waals surface area contributed by atoms with Gasteiger partial charge in [-0.1, -0.05) is 17.7 Å². The highest BCUT2D eigenvalue weighted by Gasteiger charge is 2.17. The lowest BCUT2D eigenvalue weighted by Crippen LogP contribution is -2.25. The molecule has 6 heteroatoms. The summed E-state index contributed by atoms with van der Waals surface area (Å²) in [6.45, 7) is 2.49. The van der Waals surface area contributed by atoms with Crippen LogP contribution in [0.15, 0.2) is 40.1 Å². The second-order valence-electron chi connectivity index (χ2n) is 5.08. The lowest BCUT2D eigenvalue weighted by atomic mass is 10.1. The summed E-state index contributed by atoms with van der Waals surface area (Å²) in [5.74, 6) is 2.04. The molecule has 0 aliphatic rings. The van der Waals surface area contributed by atoms with Gasteiger partial charge in [0.15, 0.2) is 5.76 Å². The number of nitrogens with one attached hydrogen (secondary N) is 1. The highest BCUT2D eigenvalue weighted by Crippen LogP contribution is 2.27. The Balaban J connectivity index is 1.55. The summed E-state index contributed by atoms with van der Waals surface area (Å²) in [5.41, 5.74) is 1.51. The molecule has 23 heavy (non-hydrogen) atoms. The minimum absolute atomic E-state index is 0.174. The SMILES string of the molecule is Cc1c(C(=O)NCCSCc2cccs2)oc2ccc(Cl)cc12. The van der Waals surface area contributed by atoms with E-state index in [1.165, 1.54) is 4.88 Å². The van der Waals surface area contributed by atoms with Crippen molar-refractivity contribution in [3.8, 4) is 0 Å². The zero-order valence-corrected chi connectivity index (χ0v) is 15.0. The first-order chi connectivity index (χ1) is 11.1. The van der Waals surface area contributed by atoms with Gasteiger partial charge in [-0.25, -0.2) is 0 Å². The van der Waals surface area contributed by atoms with Crippen molar-refractivity contribution >= 4 is 51.6 Å². The first kappa shape index (κ1) is 16.4. The van der Waals surface area contributed by atoms with Gasteiger partial charge in [0.25, 0.3) is 5.91 Å². The molecule has 0 radical (unpaired) electrons. The number of rotatable bonds is 6. The first-order valence-corrected chi connectivity index (χ1v) is 9.63. The fourth-order valence-electron chi connectivity index (χ4n) is 2.29. The van der Waals surface area contributed by atoms with Crippen LogP contribution in [-0.4, -0.2) is 18.2 Å². The molecule has 1 amide bonds. The zero-order valence-electron chi connectivity index (χ0n) is 12.6. The first-order valence-electron chi connectivity index (χ1n) is 7.22.